The van der Waals surface area contributed by atoms with Gasteiger partial charge in [0.2, 0.25) is 5.91 Å². The van der Waals surface area contributed by atoms with Crippen molar-refractivity contribution in [1.82, 2.24) is 14.5 Å². The van der Waals surface area contributed by atoms with Crippen LogP contribution in [-0.4, -0.2) is 38.6 Å². The van der Waals surface area contributed by atoms with Gasteiger partial charge in [-0.3, -0.25) is 4.79 Å². The number of phenolic OH excluding ortho intramolecular Hbond substituents is 1. The molecular formula is C21H20FN3O2. The minimum atomic E-state index is -0.461. The van der Waals surface area contributed by atoms with Crippen molar-refractivity contribution >= 4 is 16.9 Å². The monoisotopic (exact) mass is 365 g/mol. The molecule has 0 aliphatic carbocycles. The first-order valence-electron chi connectivity index (χ1n) is 8.94. The quantitative estimate of drug-likeness (QED) is 0.716. The van der Waals surface area contributed by atoms with E-state index in [2.05, 4.69) is 16.1 Å². The van der Waals surface area contributed by atoms with Gasteiger partial charge in [0, 0.05) is 19.1 Å². The van der Waals surface area contributed by atoms with Gasteiger partial charge in [-0.1, -0.05) is 18.7 Å². The summed E-state index contributed by atoms with van der Waals surface area (Å²) >= 11 is 0. The summed E-state index contributed by atoms with van der Waals surface area (Å²) in [6, 6.07) is 9.98. The first-order chi connectivity index (χ1) is 13.1. The van der Waals surface area contributed by atoms with E-state index in [4.69, 9.17) is 0 Å². The van der Waals surface area contributed by atoms with E-state index in [1.165, 1.54) is 24.3 Å². The zero-order chi connectivity index (χ0) is 19.0. The van der Waals surface area contributed by atoms with Gasteiger partial charge in [-0.05, 0) is 48.7 Å². The molecule has 0 unspecified atom stereocenters. The SMILES string of the molecule is C=CC(=O)N1CCC(n2cnc3ccc(-c4c(O)cccc4F)cc32)CC1. The maximum absolute atomic E-state index is 14.2. The number of hydrogen-bond acceptors (Lipinski definition) is 3. The molecule has 6 heteroatoms. The summed E-state index contributed by atoms with van der Waals surface area (Å²) in [4.78, 5) is 18.0. The molecule has 1 saturated heterocycles. The number of amides is 1. The Morgan fingerprint density at radius 1 is 1.26 bits per heavy atom. The van der Waals surface area contributed by atoms with Gasteiger partial charge in [0.15, 0.2) is 0 Å². The van der Waals surface area contributed by atoms with Crippen molar-refractivity contribution in [2.45, 2.75) is 18.9 Å². The van der Waals surface area contributed by atoms with E-state index < -0.39 is 5.82 Å². The van der Waals surface area contributed by atoms with Gasteiger partial charge < -0.3 is 14.6 Å². The van der Waals surface area contributed by atoms with Crippen LogP contribution in [0.3, 0.4) is 0 Å². The number of piperidine rings is 1. The van der Waals surface area contributed by atoms with Gasteiger partial charge in [-0.25, -0.2) is 9.37 Å². The number of phenols is 1. The average Bonchev–Trinajstić information content (AvgIpc) is 3.11. The highest BCUT2D eigenvalue weighted by Crippen LogP contribution is 2.34. The molecule has 4 rings (SSSR count). The standard InChI is InChI=1S/C21H20FN3O2/c1-2-20(27)24-10-8-15(9-11-24)25-13-23-17-7-6-14(12-18(17)25)21-16(22)4-3-5-19(21)26/h2-7,12-13,15,26H,1,8-11H2. The largest absolute Gasteiger partial charge is 0.507 e. The lowest BCUT2D eigenvalue weighted by Gasteiger charge is -2.32. The number of aromatic nitrogens is 2. The lowest BCUT2D eigenvalue weighted by molar-refractivity contribution is -0.127. The molecule has 3 aromatic rings. The molecule has 1 aromatic heterocycles. The predicted molar refractivity (Wildman–Crippen MR) is 102 cm³/mol. The van der Waals surface area contributed by atoms with Crippen LogP contribution in [0.5, 0.6) is 5.75 Å². The maximum Gasteiger partial charge on any atom is 0.245 e. The highest BCUT2D eigenvalue weighted by Gasteiger charge is 2.24. The summed E-state index contributed by atoms with van der Waals surface area (Å²) in [5.74, 6) is -0.588. The number of likely N-dealkylation sites (tertiary alicyclic amines) is 1. The molecule has 1 aliphatic rings. The van der Waals surface area contributed by atoms with Crippen LogP contribution in [0.4, 0.5) is 4.39 Å². The molecule has 0 bridgehead atoms. The summed E-state index contributed by atoms with van der Waals surface area (Å²) in [5.41, 5.74) is 2.51. The number of rotatable bonds is 3. The summed E-state index contributed by atoms with van der Waals surface area (Å²) in [6.07, 6.45) is 4.78. The van der Waals surface area contributed by atoms with Gasteiger partial charge in [-0.2, -0.15) is 0 Å². The van der Waals surface area contributed by atoms with Crippen molar-refractivity contribution in [3.05, 3.63) is 61.2 Å². The highest BCUT2D eigenvalue weighted by molar-refractivity contribution is 5.87. The topological polar surface area (TPSA) is 58.4 Å². The molecule has 0 saturated carbocycles. The van der Waals surface area contributed by atoms with Gasteiger partial charge in [0.1, 0.15) is 11.6 Å². The molecule has 0 spiro atoms. The molecule has 5 nitrogen and oxygen atoms in total. The minimum absolute atomic E-state index is 0.0405. The van der Waals surface area contributed by atoms with E-state index in [0.29, 0.717) is 18.7 Å². The van der Waals surface area contributed by atoms with Gasteiger partial charge in [0.05, 0.1) is 22.9 Å². The zero-order valence-corrected chi connectivity index (χ0v) is 14.8. The Bertz CT molecular complexity index is 999. The molecular weight excluding hydrogens is 345 g/mol. The summed E-state index contributed by atoms with van der Waals surface area (Å²) < 4.78 is 16.3. The first kappa shape index (κ1) is 17.3. The molecule has 2 heterocycles. The minimum Gasteiger partial charge on any atom is -0.507 e. The second-order valence-corrected chi connectivity index (χ2v) is 6.75. The first-order valence-corrected chi connectivity index (χ1v) is 8.94. The molecule has 138 valence electrons. The Morgan fingerprint density at radius 3 is 2.74 bits per heavy atom. The summed E-state index contributed by atoms with van der Waals surface area (Å²) in [7, 11) is 0. The van der Waals surface area contributed by atoms with Crippen LogP contribution < -0.4 is 0 Å². The van der Waals surface area contributed by atoms with Gasteiger partial charge >= 0.3 is 0 Å². The second-order valence-electron chi connectivity index (χ2n) is 6.75. The Balaban J connectivity index is 1.68. The fourth-order valence-electron chi connectivity index (χ4n) is 3.76. The van der Waals surface area contributed by atoms with E-state index in [1.54, 1.807) is 17.3 Å². The average molecular weight is 365 g/mol. The fraction of sp³-hybridized carbons (Fsp3) is 0.238. The van der Waals surface area contributed by atoms with E-state index in [9.17, 15) is 14.3 Å². The summed E-state index contributed by atoms with van der Waals surface area (Å²) in [5, 5.41) is 10.1. The smallest absolute Gasteiger partial charge is 0.245 e. The third-order valence-corrected chi connectivity index (χ3v) is 5.20. The number of benzene rings is 2. The number of nitrogens with zero attached hydrogens (tertiary/aromatic N) is 3. The number of imidazole rings is 1. The maximum atomic E-state index is 14.2. The van der Waals surface area contributed by atoms with Gasteiger partial charge in [0.25, 0.3) is 0 Å². The fourth-order valence-corrected chi connectivity index (χ4v) is 3.76. The number of carbonyl (C=O) groups is 1. The third-order valence-electron chi connectivity index (χ3n) is 5.20. The molecule has 1 aliphatic heterocycles. The van der Waals surface area contributed by atoms with E-state index in [0.717, 1.165) is 23.9 Å². The molecule has 1 N–H and O–H groups in total. The molecule has 27 heavy (non-hydrogen) atoms. The van der Waals surface area contributed by atoms with Crippen LogP contribution in [0.1, 0.15) is 18.9 Å². The van der Waals surface area contributed by atoms with Gasteiger partial charge in [-0.15, -0.1) is 0 Å². The van der Waals surface area contributed by atoms with Crippen LogP contribution in [0.2, 0.25) is 0 Å². The van der Waals surface area contributed by atoms with Crippen LogP contribution in [0.25, 0.3) is 22.2 Å². The van der Waals surface area contributed by atoms with Crippen molar-refractivity contribution in [3.63, 3.8) is 0 Å². The van der Waals surface area contributed by atoms with Crippen molar-refractivity contribution in [2.75, 3.05) is 13.1 Å². The molecule has 1 fully saturated rings. The third kappa shape index (κ3) is 3.07. The molecule has 0 atom stereocenters. The van der Waals surface area contributed by atoms with Crippen LogP contribution >= 0.6 is 0 Å². The van der Waals surface area contributed by atoms with E-state index in [1.807, 2.05) is 12.1 Å². The zero-order valence-electron chi connectivity index (χ0n) is 14.8. The van der Waals surface area contributed by atoms with Crippen molar-refractivity contribution in [1.29, 1.82) is 0 Å². The molecule has 1 amide bonds. The van der Waals surface area contributed by atoms with Crippen LogP contribution in [-0.2, 0) is 4.79 Å². The Morgan fingerprint density at radius 2 is 2.04 bits per heavy atom. The lowest BCUT2D eigenvalue weighted by Crippen LogP contribution is -2.37. The number of halogens is 1. The summed E-state index contributed by atoms with van der Waals surface area (Å²) in [6.45, 7) is 4.88. The normalized spacial score (nSPS) is 15.2. The Labute approximate surface area is 156 Å². The van der Waals surface area contributed by atoms with Crippen molar-refractivity contribution < 1.29 is 14.3 Å². The highest BCUT2D eigenvalue weighted by atomic mass is 19.1. The number of fused-ring (bicyclic) bond motifs is 1. The lowest BCUT2D eigenvalue weighted by atomic mass is 10.0. The Hall–Kier alpha value is -3.15. The van der Waals surface area contributed by atoms with E-state index in [-0.39, 0.29) is 23.3 Å². The predicted octanol–water partition coefficient (Wildman–Crippen LogP) is 3.90. The van der Waals surface area contributed by atoms with Crippen LogP contribution in [0, 0.1) is 5.82 Å². The van der Waals surface area contributed by atoms with Crippen LogP contribution in [0.15, 0.2) is 55.4 Å². The second kappa shape index (κ2) is 6.87. The number of hydrogen-bond donors (Lipinski definition) is 1. The number of carbonyl (C=O) groups excluding carboxylic acids is 1. The molecule has 2 aromatic carbocycles. The number of aromatic hydroxyl groups is 1. The Kier molecular flexibility index (Phi) is 4.39. The van der Waals surface area contributed by atoms with Crippen molar-refractivity contribution in [2.24, 2.45) is 0 Å². The molecule has 0 radical (unpaired) electrons. The van der Waals surface area contributed by atoms with Crippen molar-refractivity contribution in [3.8, 4) is 16.9 Å². The van der Waals surface area contributed by atoms with E-state index >= 15 is 0 Å².